The summed E-state index contributed by atoms with van der Waals surface area (Å²) in [4.78, 5) is 25.0. The highest BCUT2D eigenvalue weighted by atomic mass is 32.1. The summed E-state index contributed by atoms with van der Waals surface area (Å²) in [6.45, 7) is 0.727. The van der Waals surface area contributed by atoms with Crippen LogP contribution in [0.5, 0.6) is 0 Å². The molecule has 1 aromatic rings. The van der Waals surface area contributed by atoms with E-state index in [0.717, 1.165) is 19.4 Å². The van der Waals surface area contributed by atoms with Crippen molar-refractivity contribution >= 4 is 23.2 Å². The predicted molar refractivity (Wildman–Crippen MR) is 95.2 cm³/mol. The van der Waals surface area contributed by atoms with Crippen LogP contribution in [0.4, 0.5) is 0 Å². The first-order valence-corrected chi connectivity index (χ1v) is 10.0. The minimum absolute atomic E-state index is 0.00965. The van der Waals surface area contributed by atoms with E-state index >= 15 is 0 Å². The summed E-state index contributed by atoms with van der Waals surface area (Å²) in [5.41, 5.74) is 0.111. The monoisotopic (exact) mass is 349 g/mol. The van der Waals surface area contributed by atoms with Gasteiger partial charge in [0.05, 0.1) is 5.92 Å². The highest BCUT2D eigenvalue weighted by Gasteiger charge is 2.36. The van der Waals surface area contributed by atoms with Crippen molar-refractivity contribution in [3.05, 3.63) is 22.4 Å². The highest BCUT2D eigenvalue weighted by Crippen LogP contribution is 2.41. The Morgan fingerprint density at radius 2 is 1.79 bits per heavy atom. The fourth-order valence-electron chi connectivity index (χ4n) is 4.32. The number of carboxylic acid groups (broad SMARTS) is 1. The van der Waals surface area contributed by atoms with Crippen molar-refractivity contribution in [1.82, 2.24) is 5.32 Å². The molecule has 3 rings (SSSR count). The summed E-state index contributed by atoms with van der Waals surface area (Å²) >= 11 is 1.80. The zero-order valence-corrected chi connectivity index (χ0v) is 14.9. The van der Waals surface area contributed by atoms with Crippen molar-refractivity contribution in [3.63, 3.8) is 0 Å². The molecule has 2 aliphatic rings. The topological polar surface area (TPSA) is 66.4 Å². The second kappa shape index (κ2) is 7.68. The molecule has 1 amide bonds. The Morgan fingerprint density at radius 1 is 1.12 bits per heavy atom. The van der Waals surface area contributed by atoms with Crippen LogP contribution >= 0.6 is 11.3 Å². The van der Waals surface area contributed by atoms with Crippen LogP contribution in [0.3, 0.4) is 0 Å². The first kappa shape index (κ1) is 17.5. The van der Waals surface area contributed by atoms with Gasteiger partial charge >= 0.3 is 5.97 Å². The highest BCUT2D eigenvalue weighted by molar-refractivity contribution is 7.10. The molecule has 1 heterocycles. The standard InChI is InChI=1S/C19H27NO3S/c21-17(14-6-8-15(9-7-14)18(22)23)20-13-19(10-2-1-3-11-19)16-5-4-12-24-16/h4-5,12,14-15H,1-3,6-11,13H2,(H,20,21)(H,22,23). The Balaban J connectivity index is 1.57. The Labute approximate surface area is 147 Å². The summed E-state index contributed by atoms with van der Waals surface area (Å²) < 4.78 is 0. The third kappa shape index (κ3) is 3.82. The molecule has 2 saturated carbocycles. The molecule has 0 aromatic carbocycles. The number of aliphatic carboxylic acids is 1. The van der Waals surface area contributed by atoms with Gasteiger partial charge in [-0.2, -0.15) is 0 Å². The zero-order valence-electron chi connectivity index (χ0n) is 14.1. The number of carbonyl (C=O) groups excluding carboxylic acids is 1. The lowest BCUT2D eigenvalue weighted by molar-refractivity contribution is -0.144. The van der Waals surface area contributed by atoms with E-state index in [4.69, 9.17) is 5.11 Å². The lowest BCUT2D eigenvalue weighted by Gasteiger charge is -2.37. The van der Waals surface area contributed by atoms with Gasteiger partial charge in [-0.15, -0.1) is 11.3 Å². The molecule has 24 heavy (non-hydrogen) atoms. The average molecular weight is 349 g/mol. The van der Waals surface area contributed by atoms with Crippen molar-refractivity contribution in [2.24, 2.45) is 11.8 Å². The van der Waals surface area contributed by atoms with Crippen LogP contribution in [0.1, 0.15) is 62.7 Å². The average Bonchev–Trinajstić information content (AvgIpc) is 3.16. The van der Waals surface area contributed by atoms with Crippen molar-refractivity contribution in [2.75, 3.05) is 6.54 Å². The maximum atomic E-state index is 12.6. The second-order valence-electron chi connectivity index (χ2n) is 7.42. The van der Waals surface area contributed by atoms with E-state index in [1.807, 2.05) is 0 Å². The Kier molecular flexibility index (Phi) is 5.59. The number of amides is 1. The summed E-state index contributed by atoms with van der Waals surface area (Å²) in [7, 11) is 0. The largest absolute Gasteiger partial charge is 0.481 e. The maximum Gasteiger partial charge on any atom is 0.306 e. The van der Waals surface area contributed by atoms with Gasteiger partial charge in [0.25, 0.3) is 0 Å². The van der Waals surface area contributed by atoms with Gasteiger partial charge in [0, 0.05) is 22.8 Å². The number of carbonyl (C=O) groups is 2. The molecule has 1 aromatic heterocycles. The third-order valence-corrected chi connectivity index (χ3v) is 7.02. The van der Waals surface area contributed by atoms with E-state index < -0.39 is 5.97 Å². The van der Waals surface area contributed by atoms with E-state index in [2.05, 4.69) is 22.8 Å². The molecule has 132 valence electrons. The van der Waals surface area contributed by atoms with Crippen molar-refractivity contribution < 1.29 is 14.7 Å². The van der Waals surface area contributed by atoms with Gasteiger partial charge in [-0.05, 0) is 50.0 Å². The van der Waals surface area contributed by atoms with Crippen LogP contribution < -0.4 is 5.32 Å². The van der Waals surface area contributed by atoms with E-state index in [9.17, 15) is 9.59 Å². The van der Waals surface area contributed by atoms with Crippen molar-refractivity contribution in [2.45, 2.75) is 63.2 Å². The number of rotatable bonds is 5. The lowest BCUT2D eigenvalue weighted by atomic mass is 9.72. The van der Waals surface area contributed by atoms with Gasteiger partial charge in [-0.25, -0.2) is 0 Å². The smallest absolute Gasteiger partial charge is 0.306 e. The zero-order chi connectivity index (χ0) is 17.0. The number of carboxylic acids is 1. The van der Waals surface area contributed by atoms with Crippen LogP contribution in [0.25, 0.3) is 0 Å². The molecular weight excluding hydrogens is 322 g/mol. The molecule has 0 aliphatic heterocycles. The second-order valence-corrected chi connectivity index (χ2v) is 8.37. The lowest BCUT2D eigenvalue weighted by Crippen LogP contribution is -2.44. The van der Waals surface area contributed by atoms with E-state index in [0.29, 0.717) is 25.7 Å². The van der Waals surface area contributed by atoms with Crippen LogP contribution in [0, 0.1) is 11.8 Å². The van der Waals surface area contributed by atoms with Gasteiger partial charge < -0.3 is 10.4 Å². The molecule has 0 unspecified atom stereocenters. The van der Waals surface area contributed by atoms with Crippen molar-refractivity contribution in [1.29, 1.82) is 0 Å². The first-order chi connectivity index (χ1) is 11.6. The minimum Gasteiger partial charge on any atom is -0.481 e. The maximum absolute atomic E-state index is 12.6. The van der Waals surface area contributed by atoms with Crippen LogP contribution in [-0.2, 0) is 15.0 Å². The van der Waals surface area contributed by atoms with Gasteiger partial charge in [0.2, 0.25) is 5.91 Å². The summed E-state index contributed by atoms with van der Waals surface area (Å²) in [5.74, 6) is -0.859. The normalized spacial score (nSPS) is 26.7. The molecular formula is C19H27NO3S. The van der Waals surface area contributed by atoms with Gasteiger partial charge in [-0.3, -0.25) is 9.59 Å². The van der Waals surface area contributed by atoms with Gasteiger partial charge in [-0.1, -0.05) is 25.3 Å². The fraction of sp³-hybridized carbons (Fsp3) is 0.684. The molecule has 4 nitrogen and oxygen atoms in total. The van der Waals surface area contributed by atoms with E-state index in [1.54, 1.807) is 11.3 Å². The predicted octanol–water partition coefficient (Wildman–Crippen LogP) is 3.96. The number of hydrogen-bond acceptors (Lipinski definition) is 3. The SMILES string of the molecule is O=C(O)C1CCC(C(=O)NCC2(c3cccs3)CCCCC2)CC1. The summed E-state index contributed by atoms with van der Waals surface area (Å²) in [6.07, 6.45) is 8.73. The fourth-order valence-corrected chi connectivity index (χ4v) is 5.31. The Bertz CT molecular complexity index is 555. The van der Waals surface area contributed by atoms with Gasteiger partial charge in [0.1, 0.15) is 0 Å². The van der Waals surface area contributed by atoms with Crippen LogP contribution in [0.2, 0.25) is 0 Å². The third-order valence-electron chi connectivity index (χ3n) is 5.90. The summed E-state index contributed by atoms with van der Waals surface area (Å²) in [6, 6.07) is 4.31. The Hall–Kier alpha value is -1.36. The molecule has 0 spiro atoms. The molecule has 5 heteroatoms. The quantitative estimate of drug-likeness (QED) is 0.845. The molecule has 0 saturated heterocycles. The first-order valence-electron chi connectivity index (χ1n) is 9.15. The summed E-state index contributed by atoms with van der Waals surface area (Å²) in [5, 5.41) is 14.4. The minimum atomic E-state index is -0.715. The molecule has 0 bridgehead atoms. The Morgan fingerprint density at radius 3 is 2.38 bits per heavy atom. The molecule has 0 atom stereocenters. The van der Waals surface area contributed by atoms with Crippen LogP contribution in [0.15, 0.2) is 17.5 Å². The number of thiophene rings is 1. The molecule has 0 radical (unpaired) electrons. The molecule has 2 fully saturated rings. The molecule has 2 N–H and O–H groups in total. The number of nitrogens with one attached hydrogen (secondary N) is 1. The van der Waals surface area contributed by atoms with E-state index in [1.165, 1.54) is 24.1 Å². The van der Waals surface area contributed by atoms with Crippen molar-refractivity contribution in [3.8, 4) is 0 Å². The van der Waals surface area contributed by atoms with Crippen LogP contribution in [-0.4, -0.2) is 23.5 Å². The number of hydrogen-bond donors (Lipinski definition) is 2. The van der Waals surface area contributed by atoms with Gasteiger partial charge in [0.15, 0.2) is 0 Å². The molecule has 2 aliphatic carbocycles. The van der Waals surface area contributed by atoms with E-state index in [-0.39, 0.29) is 23.2 Å².